The minimum Gasteiger partial charge on any atom is -0.476 e. The first-order valence-electron chi connectivity index (χ1n) is 5.06. The van der Waals surface area contributed by atoms with Crippen molar-refractivity contribution in [3.8, 4) is 0 Å². The fraction of sp³-hybridized carbons (Fsp3) is 0.500. The largest absolute Gasteiger partial charge is 0.476 e. The van der Waals surface area contributed by atoms with Gasteiger partial charge in [-0.25, -0.2) is 9.48 Å². The highest BCUT2D eigenvalue weighted by Crippen LogP contribution is 2.13. The molecule has 1 aromatic rings. The van der Waals surface area contributed by atoms with E-state index in [1.807, 2.05) is 0 Å². The smallest absolute Gasteiger partial charge is 0.356 e. The number of nitrogens with zero attached hydrogens (tertiary/aromatic N) is 2. The van der Waals surface area contributed by atoms with E-state index in [9.17, 15) is 9.59 Å². The van der Waals surface area contributed by atoms with Crippen LogP contribution in [0.2, 0.25) is 0 Å². The van der Waals surface area contributed by atoms with Crippen LogP contribution < -0.4 is 5.56 Å². The van der Waals surface area contributed by atoms with Gasteiger partial charge in [0.05, 0.1) is 13.2 Å². The quantitative estimate of drug-likeness (QED) is 0.780. The number of hydrogen-bond donors (Lipinski definition) is 1. The lowest BCUT2D eigenvalue weighted by molar-refractivity contribution is 0.0687. The van der Waals surface area contributed by atoms with Gasteiger partial charge in [-0.1, -0.05) is 0 Å². The van der Waals surface area contributed by atoms with Gasteiger partial charge in [-0.05, 0) is 12.5 Å². The number of carbonyl (C=O) groups is 1. The maximum absolute atomic E-state index is 11.4. The zero-order valence-corrected chi connectivity index (χ0v) is 8.63. The standard InChI is InChI=1S/C10H12N2O4/c13-9-2-1-8(10(14)15)11-12(9)5-7-3-4-16-6-7/h1-2,7H,3-6H2,(H,14,15). The van der Waals surface area contributed by atoms with Crippen molar-refractivity contribution in [2.45, 2.75) is 13.0 Å². The van der Waals surface area contributed by atoms with Gasteiger partial charge in [-0.15, -0.1) is 0 Å². The highest BCUT2D eigenvalue weighted by molar-refractivity contribution is 5.84. The van der Waals surface area contributed by atoms with Crippen molar-refractivity contribution in [1.82, 2.24) is 9.78 Å². The lowest BCUT2D eigenvalue weighted by atomic mass is 10.1. The molecule has 0 spiro atoms. The Morgan fingerprint density at radius 3 is 3.06 bits per heavy atom. The van der Waals surface area contributed by atoms with Gasteiger partial charge in [0, 0.05) is 18.6 Å². The lowest BCUT2D eigenvalue weighted by Gasteiger charge is -2.09. The number of aromatic nitrogens is 2. The molecule has 1 fully saturated rings. The second-order valence-electron chi connectivity index (χ2n) is 3.77. The van der Waals surface area contributed by atoms with Crippen LogP contribution in [-0.2, 0) is 11.3 Å². The third-order valence-corrected chi connectivity index (χ3v) is 2.54. The molecule has 1 atom stereocenters. The monoisotopic (exact) mass is 224 g/mol. The predicted molar refractivity (Wildman–Crippen MR) is 54.4 cm³/mol. The molecule has 1 unspecified atom stereocenters. The number of ether oxygens (including phenoxy) is 1. The summed E-state index contributed by atoms with van der Waals surface area (Å²) in [5.41, 5.74) is -0.393. The molecule has 1 N–H and O–H groups in total. The average molecular weight is 224 g/mol. The molecule has 0 aliphatic carbocycles. The van der Waals surface area contributed by atoms with Crippen LogP contribution in [0, 0.1) is 5.92 Å². The summed E-state index contributed by atoms with van der Waals surface area (Å²) >= 11 is 0. The first kappa shape index (κ1) is 10.8. The normalized spacial score (nSPS) is 19.9. The Morgan fingerprint density at radius 1 is 1.62 bits per heavy atom. The SMILES string of the molecule is O=C(O)c1ccc(=O)n(CC2CCOC2)n1. The molecule has 2 rings (SSSR count). The summed E-state index contributed by atoms with van der Waals surface area (Å²) in [5.74, 6) is -0.884. The highest BCUT2D eigenvalue weighted by atomic mass is 16.5. The van der Waals surface area contributed by atoms with Crippen molar-refractivity contribution in [3.63, 3.8) is 0 Å². The number of rotatable bonds is 3. The molecule has 0 radical (unpaired) electrons. The first-order valence-corrected chi connectivity index (χ1v) is 5.06. The number of hydrogen-bond acceptors (Lipinski definition) is 4. The lowest BCUT2D eigenvalue weighted by Crippen LogP contribution is -2.27. The third kappa shape index (κ3) is 2.27. The molecule has 0 aromatic carbocycles. The molecule has 2 heterocycles. The van der Waals surface area contributed by atoms with Crippen LogP contribution in [0.5, 0.6) is 0 Å². The third-order valence-electron chi connectivity index (χ3n) is 2.54. The molecule has 6 heteroatoms. The van der Waals surface area contributed by atoms with Crippen LogP contribution >= 0.6 is 0 Å². The molecule has 86 valence electrons. The molecular weight excluding hydrogens is 212 g/mol. The predicted octanol–water partition coefficient (Wildman–Crippen LogP) is -0.0220. The summed E-state index contributed by atoms with van der Waals surface area (Å²) in [4.78, 5) is 22.1. The number of carboxylic acid groups (broad SMARTS) is 1. The van der Waals surface area contributed by atoms with Gasteiger partial charge < -0.3 is 9.84 Å². The topological polar surface area (TPSA) is 81.4 Å². The van der Waals surface area contributed by atoms with Crippen molar-refractivity contribution in [1.29, 1.82) is 0 Å². The van der Waals surface area contributed by atoms with Gasteiger partial charge >= 0.3 is 5.97 Å². The summed E-state index contributed by atoms with van der Waals surface area (Å²) in [5, 5.41) is 12.5. The van der Waals surface area contributed by atoms with E-state index in [0.717, 1.165) is 6.42 Å². The van der Waals surface area contributed by atoms with E-state index in [-0.39, 0.29) is 17.2 Å². The number of aromatic carboxylic acids is 1. The zero-order chi connectivity index (χ0) is 11.5. The average Bonchev–Trinajstić information content (AvgIpc) is 2.73. The first-order chi connectivity index (χ1) is 7.66. The van der Waals surface area contributed by atoms with E-state index in [1.54, 1.807) is 0 Å². The van der Waals surface area contributed by atoms with Gasteiger partial charge in [-0.3, -0.25) is 4.79 Å². The molecule has 6 nitrogen and oxygen atoms in total. The van der Waals surface area contributed by atoms with Gasteiger partial charge in [0.15, 0.2) is 5.69 Å². The minimum absolute atomic E-state index is 0.112. The zero-order valence-electron chi connectivity index (χ0n) is 8.63. The Balaban J connectivity index is 2.21. The van der Waals surface area contributed by atoms with E-state index in [4.69, 9.17) is 9.84 Å². The number of carboxylic acids is 1. The fourth-order valence-electron chi connectivity index (χ4n) is 1.67. The van der Waals surface area contributed by atoms with Crippen molar-refractivity contribution in [2.24, 2.45) is 5.92 Å². The maximum atomic E-state index is 11.4. The van der Waals surface area contributed by atoms with E-state index in [0.29, 0.717) is 19.8 Å². The molecule has 0 saturated carbocycles. The van der Waals surface area contributed by atoms with Gasteiger partial charge in [0.2, 0.25) is 0 Å². The van der Waals surface area contributed by atoms with Crippen LogP contribution in [0.1, 0.15) is 16.9 Å². The maximum Gasteiger partial charge on any atom is 0.356 e. The van der Waals surface area contributed by atoms with Crippen LogP contribution in [-0.4, -0.2) is 34.1 Å². The van der Waals surface area contributed by atoms with E-state index in [1.165, 1.54) is 16.8 Å². The Labute approximate surface area is 91.5 Å². The minimum atomic E-state index is -1.13. The van der Waals surface area contributed by atoms with Crippen LogP contribution in [0.25, 0.3) is 0 Å². The van der Waals surface area contributed by atoms with E-state index in [2.05, 4.69) is 5.10 Å². The van der Waals surface area contributed by atoms with Gasteiger partial charge in [0.1, 0.15) is 0 Å². The van der Waals surface area contributed by atoms with E-state index >= 15 is 0 Å². The molecule has 0 amide bonds. The van der Waals surface area contributed by atoms with Crippen LogP contribution in [0.4, 0.5) is 0 Å². The molecule has 1 saturated heterocycles. The Bertz CT molecular complexity index is 448. The van der Waals surface area contributed by atoms with Crippen molar-refractivity contribution < 1.29 is 14.6 Å². The van der Waals surface area contributed by atoms with Gasteiger partial charge in [0.25, 0.3) is 5.56 Å². The second kappa shape index (κ2) is 4.44. The summed E-state index contributed by atoms with van der Waals surface area (Å²) in [6, 6.07) is 2.44. The van der Waals surface area contributed by atoms with E-state index < -0.39 is 5.97 Å². The fourth-order valence-corrected chi connectivity index (χ4v) is 1.67. The summed E-state index contributed by atoms with van der Waals surface area (Å²) < 4.78 is 6.38. The van der Waals surface area contributed by atoms with Gasteiger partial charge in [-0.2, -0.15) is 5.10 Å². The van der Waals surface area contributed by atoms with Crippen LogP contribution in [0.15, 0.2) is 16.9 Å². The van der Waals surface area contributed by atoms with Crippen molar-refractivity contribution >= 4 is 5.97 Å². The summed E-state index contributed by atoms with van der Waals surface area (Å²) in [7, 11) is 0. The van der Waals surface area contributed by atoms with Crippen molar-refractivity contribution in [2.75, 3.05) is 13.2 Å². The Hall–Kier alpha value is -1.69. The Morgan fingerprint density at radius 2 is 2.44 bits per heavy atom. The Kier molecular flexibility index (Phi) is 3.00. The molecule has 1 aliphatic heterocycles. The molecular formula is C10H12N2O4. The molecule has 1 aromatic heterocycles. The molecule has 16 heavy (non-hydrogen) atoms. The summed E-state index contributed by atoms with van der Waals surface area (Å²) in [6.45, 7) is 1.71. The highest BCUT2D eigenvalue weighted by Gasteiger charge is 2.17. The van der Waals surface area contributed by atoms with Crippen molar-refractivity contribution in [3.05, 3.63) is 28.2 Å². The second-order valence-corrected chi connectivity index (χ2v) is 3.77. The molecule has 1 aliphatic rings. The van der Waals surface area contributed by atoms with Crippen LogP contribution in [0.3, 0.4) is 0 Å². The summed E-state index contributed by atoms with van der Waals surface area (Å²) in [6.07, 6.45) is 0.880. The molecule has 0 bridgehead atoms.